The molecule has 0 aromatic carbocycles. The number of aliphatic carboxylic acids is 2. The zero-order valence-electron chi connectivity index (χ0n) is 16.7. The van der Waals surface area contributed by atoms with Crippen molar-refractivity contribution >= 4 is 23.5 Å². The van der Waals surface area contributed by atoms with Crippen LogP contribution in [-0.2, 0) is 19.2 Å². The van der Waals surface area contributed by atoms with Crippen molar-refractivity contribution in [1.82, 2.24) is 0 Å². The third kappa shape index (κ3) is 4.71. The molecule has 26 heavy (non-hydrogen) atoms. The third-order valence-corrected chi connectivity index (χ3v) is 6.76. The molecule has 6 nitrogen and oxygen atoms in total. The molecule has 0 bridgehead atoms. The van der Waals surface area contributed by atoms with Crippen LogP contribution in [0.5, 0.6) is 0 Å². The van der Waals surface area contributed by atoms with Crippen molar-refractivity contribution in [2.24, 2.45) is 34.5 Å². The van der Waals surface area contributed by atoms with Gasteiger partial charge < -0.3 is 10.2 Å². The molecule has 0 saturated heterocycles. The summed E-state index contributed by atoms with van der Waals surface area (Å²) in [6.07, 6.45) is 1.87. The van der Waals surface area contributed by atoms with Crippen molar-refractivity contribution in [3.63, 3.8) is 0 Å². The molecule has 0 heterocycles. The highest BCUT2D eigenvalue weighted by Crippen LogP contribution is 2.53. The van der Waals surface area contributed by atoms with Gasteiger partial charge in [0, 0.05) is 24.7 Å². The fourth-order valence-corrected chi connectivity index (χ4v) is 4.53. The topological polar surface area (TPSA) is 109 Å². The lowest BCUT2D eigenvalue weighted by molar-refractivity contribution is -0.149. The molecule has 0 aromatic heterocycles. The van der Waals surface area contributed by atoms with Crippen molar-refractivity contribution in [3.8, 4) is 0 Å². The van der Waals surface area contributed by atoms with E-state index in [-0.39, 0.29) is 58.9 Å². The summed E-state index contributed by atoms with van der Waals surface area (Å²) in [6, 6.07) is 0. The number of carboxylic acids is 2. The Morgan fingerprint density at radius 2 is 1.00 bits per heavy atom. The predicted octanol–water partition coefficient (Wildman–Crippen LogP) is 3.42. The van der Waals surface area contributed by atoms with Crippen LogP contribution in [0.2, 0.25) is 0 Å². The number of carbonyl (C=O) groups is 4. The fourth-order valence-electron chi connectivity index (χ4n) is 4.53. The molecule has 0 unspecified atom stereocenters. The lowest BCUT2D eigenvalue weighted by Gasteiger charge is -2.50. The smallest absolute Gasteiger partial charge is 0.303 e. The zero-order chi connectivity index (χ0) is 20.4. The van der Waals surface area contributed by atoms with Crippen LogP contribution in [0.25, 0.3) is 0 Å². The van der Waals surface area contributed by atoms with E-state index in [1.807, 2.05) is 27.7 Å². The van der Waals surface area contributed by atoms with Gasteiger partial charge >= 0.3 is 11.9 Å². The van der Waals surface area contributed by atoms with Gasteiger partial charge in [-0.1, -0.05) is 27.7 Å². The summed E-state index contributed by atoms with van der Waals surface area (Å²) in [5.41, 5.74) is -0.242. The highest BCUT2D eigenvalue weighted by Gasteiger charge is 2.51. The first-order chi connectivity index (χ1) is 11.7. The minimum absolute atomic E-state index is 0.0665. The lowest BCUT2D eigenvalue weighted by Crippen LogP contribution is -2.48. The summed E-state index contributed by atoms with van der Waals surface area (Å²) in [7, 11) is 0. The van der Waals surface area contributed by atoms with E-state index in [2.05, 4.69) is 0 Å². The van der Waals surface area contributed by atoms with Gasteiger partial charge in [-0.3, -0.25) is 19.2 Å². The van der Waals surface area contributed by atoms with Gasteiger partial charge in [0.15, 0.2) is 0 Å². The Balaban J connectivity index is 0.000000260. The molecule has 2 N–H and O–H groups in total. The fraction of sp³-hybridized carbons (Fsp3) is 0.800. The minimum atomic E-state index is -0.764. The van der Waals surface area contributed by atoms with E-state index in [4.69, 9.17) is 10.2 Å². The molecule has 2 aliphatic carbocycles. The molecule has 0 radical (unpaired) electrons. The Hall–Kier alpha value is -1.72. The number of hydrogen-bond donors (Lipinski definition) is 2. The van der Waals surface area contributed by atoms with Crippen LogP contribution in [0, 0.1) is 34.5 Å². The quantitative estimate of drug-likeness (QED) is 0.743. The highest BCUT2D eigenvalue weighted by molar-refractivity contribution is 5.81. The summed E-state index contributed by atoms with van der Waals surface area (Å²) < 4.78 is 0. The average Bonchev–Trinajstić information content (AvgIpc) is 2.46. The Kier molecular flexibility index (Phi) is 6.77. The van der Waals surface area contributed by atoms with Crippen LogP contribution in [0.4, 0.5) is 0 Å². The van der Waals surface area contributed by atoms with Crippen LogP contribution >= 0.6 is 0 Å². The second kappa shape index (κ2) is 7.89. The van der Waals surface area contributed by atoms with Crippen LogP contribution in [0.3, 0.4) is 0 Å². The summed E-state index contributed by atoms with van der Waals surface area (Å²) in [6.45, 7) is 11.1. The van der Waals surface area contributed by atoms with Gasteiger partial charge in [0.2, 0.25) is 0 Å². The van der Waals surface area contributed by atoms with Gasteiger partial charge in [0.25, 0.3) is 0 Å². The number of ketones is 2. The zero-order valence-corrected chi connectivity index (χ0v) is 16.7. The van der Waals surface area contributed by atoms with Crippen LogP contribution < -0.4 is 0 Å². The van der Waals surface area contributed by atoms with Crippen molar-refractivity contribution in [3.05, 3.63) is 0 Å². The van der Waals surface area contributed by atoms with Gasteiger partial charge in [-0.05, 0) is 49.4 Å². The van der Waals surface area contributed by atoms with Gasteiger partial charge in [0.1, 0.15) is 11.6 Å². The molecular weight excluding hydrogens is 336 g/mol. The SMILES string of the molecule is CC(=O)[C@@H]1C[C@H](CC(=O)O)C1(C)C.CC(=O)[C@H]1C[C@@H](CC(=O)O)C1(C)C. The van der Waals surface area contributed by atoms with Crippen molar-refractivity contribution < 1.29 is 29.4 Å². The number of carbonyl (C=O) groups excluding carboxylic acids is 2. The maximum absolute atomic E-state index is 11.1. The third-order valence-electron chi connectivity index (χ3n) is 6.76. The van der Waals surface area contributed by atoms with E-state index in [0.29, 0.717) is 0 Å². The van der Waals surface area contributed by atoms with E-state index in [0.717, 1.165) is 12.8 Å². The van der Waals surface area contributed by atoms with Crippen molar-refractivity contribution in [2.75, 3.05) is 0 Å². The first-order valence-electron chi connectivity index (χ1n) is 9.15. The maximum Gasteiger partial charge on any atom is 0.303 e. The number of carboxylic acid groups (broad SMARTS) is 2. The second-order valence-corrected chi connectivity index (χ2v) is 9.03. The number of rotatable bonds is 6. The minimum Gasteiger partial charge on any atom is -0.481 e. The summed E-state index contributed by atoms with van der Waals surface area (Å²) in [5, 5.41) is 17.2. The molecule has 0 aliphatic heterocycles. The second-order valence-electron chi connectivity index (χ2n) is 9.03. The Morgan fingerprint density at radius 1 is 0.731 bits per heavy atom. The molecule has 148 valence electrons. The average molecular weight is 368 g/mol. The van der Waals surface area contributed by atoms with Crippen LogP contribution in [0.15, 0.2) is 0 Å². The first-order valence-corrected chi connectivity index (χ1v) is 9.15. The van der Waals surface area contributed by atoms with E-state index < -0.39 is 11.9 Å². The summed E-state index contributed by atoms with van der Waals surface area (Å²) >= 11 is 0. The monoisotopic (exact) mass is 368 g/mol. The standard InChI is InChI=1S/2C10H16O3/c2*1-6(11)8-4-7(5-9(12)13)10(8,2)3/h2*7-8H,4-5H2,1-3H3,(H,12,13)/t2*7-,8+/m10/s1. The molecule has 0 amide bonds. The Bertz CT molecular complexity index is 537. The summed E-state index contributed by atoms with van der Waals surface area (Å²) in [5.74, 6) is -0.690. The summed E-state index contributed by atoms with van der Waals surface area (Å²) in [4.78, 5) is 43.2. The van der Waals surface area contributed by atoms with Gasteiger partial charge in [-0.2, -0.15) is 0 Å². The Morgan fingerprint density at radius 3 is 1.15 bits per heavy atom. The van der Waals surface area contributed by atoms with Gasteiger partial charge in [-0.15, -0.1) is 0 Å². The molecule has 2 aliphatic rings. The van der Waals surface area contributed by atoms with Crippen LogP contribution in [-0.4, -0.2) is 33.7 Å². The van der Waals surface area contributed by atoms with Gasteiger partial charge in [0.05, 0.1) is 0 Å². The molecule has 2 rings (SSSR count). The highest BCUT2D eigenvalue weighted by atomic mass is 16.4. The van der Waals surface area contributed by atoms with E-state index in [9.17, 15) is 19.2 Å². The van der Waals surface area contributed by atoms with Gasteiger partial charge in [-0.25, -0.2) is 0 Å². The van der Waals surface area contributed by atoms with Crippen LogP contribution in [0.1, 0.15) is 67.2 Å². The molecule has 0 spiro atoms. The van der Waals surface area contributed by atoms with E-state index in [1.54, 1.807) is 13.8 Å². The molecule has 2 saturated carbocycles. The number of hydrogen-bond acceptors (Lipinski definition) is 4. The lowest BCUT2D eigenvalue weighted by atomic mass is 9.53. The predicted molar refractivity (Wildman–Crippen MR) is 96.6 cm³/mol. The molecule has 2 fully saturated rings. The largest absolute Gasteiger partial charge is 0.481 e. The molecular formula is C20H32O6. The Labute approximate surface area is 155 Å². The van der Waals surface area contributed by atoms with E-state index in [1.165, 1.54) is 0 Å². The van der Waals surface area contributed by atoms with Crippen molar-refractivity contribution in [2.45, 2.75) is 67.2 Å². The van der Waals surface area contributed by atoms with Crippen molar-refractivity contribution in [1.29, 1.82) is 0 Å². The first kappa shape index (κ1) is 22.3. The molecule has 0 aromatic rings. The van der Waals surface area contributed by atoms with E-state index >= 15 is 0 Å². The normalized spacial score (nSPS) is 30.7. The maximum atomic E-state index is 11.1. The molecule has 4 atom stereocenters. The molecule has 6 heteroatoms. The number of Topliss-reactive ketones (excluding diaryl/α,β-unsaturated/α-hetero) is 2.